The number of ether oxygens (including phenoxy) is 1. The summed E-state index contributed by atoms with van der Waals surface area (Å²) in [6.45, 7) is -0.508. The van der Waals surface area contributed by atoms with Crippen LogP contribution in [0, 0.1) is 21.4 Å². The van der Waals surface area contributed by atoms with Crippen LogP contribution in [0.15, 0.2) is 35.7 Å². The molecule has 1 aromatic carbocycles. The van der Waals surface area contributed by atoms with Gasteiger partial charge in [-0.3, -0.25) is 19.7 Å². The van der Waals surface area contributed by atoms with Gasteiger partial charge >= 0.3 is 5.97 Å². The van der Waals surface area contributed by atoms with Crippen LogP contribution >= 0.6 is 11.3 Å². The maximum absolute atomic E-state index is 11.8. The highest BCUT2D eigenvalue weighted by Crippen LogP contribution is 2.21. The van der Waals surface area contributed by atoms with Gasteiger partial charge in [-0.1, -0.05) is 6.07 Å². The van der Waals surface area contributed by atoms with Crippen LogP contribution in [0.5, 0.6) is 0 Å². The van der Waals surface area contributed by atoms with Gasteiger partial charge in [-0.2, -0.15) is 5.26 Å². The van der Waals surface area contributed by atoms with Crippen molar-refractivity contribution in [1.82, 2.24) is 0 Å². The Hall–Kier alpha value is -3.25. The van der Waals surface area contributed by atoms with Crippen molar-refractivity contribution in [2.75, 3.05) is 11.9 Å². The van der Waals surface area contributed by atoms with Gasteiger partial charge in [0, 0.05) is 17.0 Å². The van der Waals surface area contributed by atoms with E-state index in [0.717, 1.165) is 10.9 Å². The maximum Gasteiger partial charge on any atom is 0.311 e. The van der Waals surface area contributed by atoms with E-state index in [1.54, 1.807) is 18.2 Å². The lowest BCUT2D eigenvalue weighted by atomic mass is 10.1. The molecule has 0 aliphatic rings. The molecule has 0 unspecified atom stereocenters. The number of esters is 1. The molecule has 1 N–H and O–H groups in total. The largest absolute Gasteiger partial charge is 0.455 e. The molecule has 9 heteroatoms. The number of nitro benzene ring substituents is 1. The van der Waals surface area contributed by atoms with E-state index in [9.17, 15) is 19.7 Å². The SMILES string of the molecule is N#Cc1cc([N+](=O)[O-])ccc1NC(=O)COC(=O)Cc1cccs1. The number of carbonyl (C=O) groups is 2. The number of thiophene rings is 1. The fraction of sp³-hybridized carbons (Fsp3) is 0.133. The van der Waals surface area contributed by atoms with Crippen LogP contribution in [0.25, 0.3) is 0 Å². The van der Waals surface area contributed by atoms with E-state index in [2.05, 4.69) is 5.32 Å². The summed E-state index contributed by atoms with van der Waals surface area (Å²) in [5.74, 6) is -1.18. The second kappa shape index (κ2) is 7.85. The Kier molecular flexibility index (Phi) is 5.59. The molecule has 24 heavy (non-hydrogen) atoms. The monoisotopic (exact) mass is 345 g/mol. The number of amides is 1. The van der Waals surface area contributed by atoms with Crippen molar-refractivity contribution in [3.8, 4) is 6.07 Å². The number of rotatable bonds is 6. The molecule has 122 valence electrons. The molecule has 0 atom stereocenters. The first-order chi connectivity index (χ1) is 11.5. The molecule has 0 saturated carbocycles. The first kappa shape index (κ1) is 17.1. The van der Waals surface area contributed by atoms with E-state index in [1.807, 2.05) is 5.38 Å². The smallest absolute Gasteiger partial charge is 0.311 e. The molecule has 1 amide bonds. The topological polar surface area (TPSA) is 122 Å². The minimum absolute atomic E-state index is 0.0533. The zero-order valence-corrected chi connectivity index (χ0v) is 13.0. The summed E-state index contributed by atoms with van der Waals surface area (Å²) in [4.78, 5) is 34.2. The number of hydrogen-bond donors (Lipinski definition) is 1. The third-order valence-electron chi connectivity index (χ3n) is 2.87. The van der Waals surface area contributed by atoms with Gasteiger partial charge in [0.15, 0.2) is 6.61 Å². The molecule has 1 aromatic heterocycles. The summed E-state index contributed by atoms with van der Waals surface area (Å²) in [7, 11) is 0. The van der Waals surface area contributed by atoms with Crippen molar-refractivity contribution < 1.29 is 19.2 Å². The predicted molar refractivity (Wildman–Crippen MR) is 85.4 cm³/mol. The molecule has 8 nitrogen and oxygen atoms in total. The lowest BCUT2D eigenvalue weighted by molar-refractivity contribution is -0.384. The highest BCUT2D eigenvalue weighted by atomic mass is 32.1. The van der Waals surface area contributed by atoms with Crippen molar-refractivity contribution in [2.24, 2.45) is 0 Å². The van der Waals surface area contributed by atoms with Crippen LogP contribution in [0.4, 0.5) is 11.4 Å². The van der Waals surface area contributed by atoms with Crippen LogP contribution in [-0.4, -0.2) is 23.4 Å². The van der Waals surface area contributed by atoms with Crippen LogP contribution in [-0.2, 0) is 20.7 Å². The van der Waals surface area contributed by atoms with E-state index in [4.69, 9.17) is 10.00 Å². The molecule has 1 heterocycles. The minimum Gasteiger partial charge on any atom is -0.455 e. The highest BCUT2D eigenvalue weighted by Gasteiger charge is 2.14. The van der Waals surface area contributed by atoms with Crippen molar-refractivity contribution >= 4 is 34.6 Å². The third-order valence-corrected chi connectivity index (χ3v) is 3.75. The molecule has 2 aromatic rings. The number of nitro groups is 1. The Bertz CT molecular complexity index is 811. The fourth-order valence-electron chi connectivity index (χ4n) is 1.79. The second-order valence-corrected chi connectivity index (χ2v) is 5.60. The van der Waals surface area contributed by atoms with E-state index in [-0.39, 0.29) is 23.4 Å². The van der Waals surface area contributed by atoms with Crippen LogP contribution < -0.4 is 5.32 Å². The van der Waals surface area contributed by atoms with Crippen molar-refractivity contribution in [2.45, 2.75) is 6.42 Å². The van der Waals surface area contributed by atoms with Gasteiger partial charge in [-0.05, 0) is 17.5 Å². The van der Waals surface area contributed by atoms with Gasteiger partial charge in [0.05, 0.1) is 22.6 Å². The van der Waals surface area contributed by atoms with E-state index in [0.29, 0.717) is 0 Å². The lowest BCUT2D eigenvalue weighted by Crippen LogP contribution is -2.22. The lowest BCUT2D eigenvalue weighted by Gasteiger charge is -2.07. The molecule has 0 radical (unpaired) electrons. The van der Waals surface area contributed by atoms with E-state index >= 15 is 0 Å². The quantitative estimate of drug-likeness (QED) is 0.487. The van der Waals surface area contributed by atoms with Gasteiger partial charge in [-0.25, -0.2) is 0 Å². The summed E-state index contributed by atoms with van der Waals surface area (Å²) < 4.78 is 4.85. The number of anilines is 1. The molecular weight excluding hydrogens is 334 g/mol. The van der Waals surface area contributed by atoms with Crippen LogP contribution in [0.2, 0.25) is 0 Å². The number of hydrogen-bond acceptors (Lipinski definition) is 7. The average Bonchev–Trinajstić information content (AvgIpc) is 3.06. The molecule has 0 bridgehead atoms. The van der Waals surface area contributed by atoms with Crippen molar-refractivity contribution in [3.05, 3.63) is 56.3 Å². The van der Waals surface area contributed by atoms with Crippen LogP contribution in [0.3, 0.4) is 0 Å². The summed E-state index contributed by atoms with van der Waals surface area (Å²) in [6.07, 6.45) is 0.0753. The predicted octanol–water partition coefficient (Wildman–Crippen LogP) is 2.25. The number of carbonyl (C=O) groups excluding carboxylic acids is 2. The van der Waals surface area contributed by atoms with Gasteiger partial charge in [0.1, 0.15) is 6.07 Å². The summed E-state index contributed by atoms with van der Waals surface area (Å²) in [6, 6.07) is 8.82. The molecule has 0 spiro atoms. The highest BCUT2D eigenvalue weighted by molar-refractivity contribution is 7.10. The Morgan fingerprint density at radius 1 is 1.38 bits per heavy atom. The zero-order chi connectivity index (χ0) is 17.5. The van der Waals surface area contributed by atoms with Gasteiger partial charge < -0.3 is 10.1 Å². The van der Waals surface area contributed by atoms with E-state index in [1.165, 1.54) is 23.5 Å². The van der Waals surface area contributed by atoms with Gasteiger partial charge in [0.2, 0.25) is 0 Å². The number of benzene rings is 1. The standard InChI is InChI=1S/C15H11N3O5S/c16-8-10-6-11(18(21)22)3-4-13(10)17-14(19)9-23-15(20)7-12-2-1-5-24-12/h1-6H,7,9H2,(H,17,19). The molecule has 2 rings (SSSR count). The number of nitrogens with one attached hydrogen (secondary N) is 1. The van der Waals surface area contributed by atoms with Gasteiger partial charge in [-0.15, -0.1) is 11.3 Å². The van der Waals surface area contributed by atoms with Crippen molar-refractivity contribution in [1.29, 1.82) is 5.26 Å². The average molecular weight is 345 g/mol. The molecular formula is C15H11N3O5S. The summed E-state index contributed by atoms with van der Waals surface area (Å²) in [5, 5.41) is 23.9. The van der Waals surface area contributed by atoms with Gasteiger partial charge in [0.25, 0.3) is 11.6 Å². The Balaban J connectivity index is 1.91. The van der Waals surface area contributed by atoms with Crippen molar-refractivity contribution in [3.63, 3.8) is 0 Å². The molecule has 0 aliphatic heterocycles. The maximum atomic E-state index is 11.8. The van der Waals surface area contributed by atoms with E-state index < -0.39 is 23.4 Å². The third kappa shape index (κ3) is 4.62. The Morgan fingerprint density at radius 2 is 2.17 bits per heavy atom. The Labute approximate surface area is 140 Å². The first-order valence-corrected chi connectivity index (χ1v) is 7.54. The zero-order valence-electron chi connectivity index (χ0n) is 12.2. The molecule has 0 aliphatic carbocycles. The molecule has 0 fully saturated rings. The Morgan fingerprint density at radius 3 is 2.79 bits per heavy atom. The van der Waals surface area contributed by atoms with Crippen LogP contribution in [0.1, 0.15) is 10.4 Å². The normalized spacial score (nSPS) is 9.79. The summed E-state index contributed by atoms with van der Waals surface area (Å²) >= 11 is 1.40. The number of nitriles is 1. The minimum atomic E-state index is -0.640. The summed E-state index contributed by atoms with van der Waals surface area (Å²) in [5.41, 5.74) is -0.197. The number of nitrogens with zero attached hydrogens (tertiary/aromatic N) is 2. The molecule has 0 saturated heterocycles. The second-order valence-electron chi connectivity index (χ2n) is 4.56. The number of non-ortho nitro benzene ring substituents is 1. The fourth-order valence-corrected chi connectivity index (χ4v) is 2.48. The first-order valence-electron chi connectivity index (χ1n) is 6.66.